The Balaban J connectivity index is 1.49. The fourth-order valence-corrected chi connectivity index (χ4v) is 3.21. The van der Waals surface area contributed by atoms with Crippen molar-refractivity contribution < 1.29 is 9.53 Å². The molecule has 0 saturated carbocycles. The molecule has 2 aliphatic heterocycles. The molecule has 0 bridgehead atoms. The molecule has 3 heterocycles. The monoisotopic (exact) mass is 277 g/mol. The normalized spacial score (nSPS) is 26.9. The van der Waals surface area contributed by atoms with Crippen molar-refractivity contribution in [3.05, 3.63) is 18.5 Å². The zero-order valence-electron chi connectivity index (χ0n) is 11.9. The highest BCUT2D eigenvalue weighted by Gasteiger charge is 2.25. The Kier molecular flexibility index (Phi) is 4.35. The first-order valence-corrected chi connectivity index (χ1v) is 7.71. The van der Waals surface area contributed by atoms with Crippen molar-refractivity contribution in [2.75, 3.05) is 19.7 Å². The molecule has 0 aliphatic carbocycles. The van der Waals surface area contributed by atoms with Crippen molar-refractivity contribution in [1.82, 2.24) is 14.7 Å². The molecule has 2 atom stereocenters. The number of aromatic nitrogens is 2. The van der Waals surface area contributed by atoms with Gasteiger partial charge in [-0.25, -0.2) is 0 Å². The smallest absolute Gasteiger partial charge is 0.222 e. The largest absolute Gasteiger partial charge is 0.378 e. The first kappa shape index (κ1) is 13.6. The van der Waals surface area contributed by atoms with Gasteiger partial charge in [-0.1, -0.05) is 0 Å². The summed E-state index contributed by atoms with van der Waals surface area (Å²) in [5.41, 5.74) is 0. The molecule has 1 aromatic heterocycles. The van der Waals surface area contributed by atoms with Crippen LogP contribution in [0.15, 0.2) is 18.5 Å². The van der Waals surface area contributed by atoms with Crippen molar-refractivity contribution >= 4 is 5.91 Å². The SMILES string of the molecule is O=C(CC[C@H]1CCCO1)N1CCC[C@H](n2cccn2)C1. The minimum absolute atomic E-state index is 0.275. The molecule has 110 valence electrons. The van der Waals surface area contributed by atoms with Gasteiger partial charge in [0.05, 0.1) is 12.1 Å². The molecule has 2 fully saturated rings. The lowest BCUT2D eigenvalue weighted by Crippen LogP contribution is -2.41. The fraction of sp³-hybridized carbons (Fsp3) is 0.733. The summed E-state index contributed by atoms with van der Waals surface area (Å²) in [7, 11) is 0. The summed E-state index contributed by atoms with van der Waals surface area (Å²) >= 11 is 0. The average molecular weight is 277 g/mol. The second-order valence-electron chi connectivity index (χ2n) is 5.80. The molecule has 3 rings (SSSR count). The lowest BCUT2D eigenvalue weighted by Gasteiger charge is -2.33. The van der Waals surface area contributed by atoms with E-state index in [1.165, 1.54) is 0 Å². The van der Waals surface area contributed by atoms with Crippen LogP contribution >= 0.6 is 0 Å². The molecule has 20 heavy (non-hydrogen) atoms. The van der Waals surface area contributed by atoms with E-state index in [-0.39, 0.29) is 5.91 Å². The molecular formula is C15H23N3O2. The van der Waals surface area contributed by atoms with Crippen LogP contribution in [0.4, 0.5) is 0 Å². The van der Waals surface area contributed by atoms with Crippen LogP contribution in [0.5, 0.6) is 0 Å². The minimum Gasteiger partial charge on any atom is -0.378 e. The molecule has 2 saturated heterocycles. The third kappa shape index (κ3) is 3.20. The molecule has 0 unspecified atom stereocenters. The number of rotatable bonds is 4. The Morgan fingerprint density at radius 1 is 1.35 bits per heavy atom. The molecule has 0 radical (unpaired) electrons. The van der Waals surface area contributed by atoms with E-state index in [1.54, 1.807) is 6.20 Å². The summed E-state index contributed by atoms with van der Waals surface area (Å²) in [6.07, 6.45) is 10.0. The van der Waals surface area contributed by atoms with Crippen molar-refractivity contribution in [2.45, 2.75) is 50.7 Å². The van der Waals surface area contributed by atoms with Crippen LogP contribution in [0.2, 0.25) is 0 Å². The average Bonchev–Trinajstić information content (AvgIpc) is 3.18. The predicted molar refractivity (Wildman–Crippen MR) is 75.3 cm³/mol. The molecule has 0 aromatic carbocycles. The Morgan fingerprint density at radius 2 is 2.30 bits per heavy atom. The van der Waals surface area contributed by atoms with Crippen LogP contribution < -0.4 is 0 Å². The lowest BCUT2D eigenvalue weighted by atomic mass is 10.0. The maximum atomic E-state index is 12.3. The Morgan fingerprint density at radius 3 is 3.05 bits per heavy atom. The summed E-state index contributed by atoms with van der Waals surface area (Å²) in [4.78, 5) is 14.3. The van der Waals surface area contributed by atoms with Gasteiger partial charge in [-0.3, -0.25) is 9.48 Å². The van der Waals surface area contributed by atoms with Gasteiger partial charge in [0, 0.05) is 38.5 Å². The second-order valence-corrected chi connectivity index (χ2v) is 5.80. The Labute approximate surface area is 119 Å². The van der Waals surface area contributed by atoms with Crippen LogP contribution in [-0.4, -0.2) is 46.4 Å². The van der Waals surface area contributed by atoms with E-state index in [4.69, 9.17) is 4.74 Å². The number of ether oxygens (including phenoxy) is 1. The topological polar surface area (TPSA) is 47.4 Å². The van der Waals surface area contributed by atoms with Crippen LogP contribution in [0.1, 0.15) is 44.6 Å². The van der Waals surface area contributed by atoms with E-state index in [0.29, 0.717) is 18.6 Å². The first-order chi connectivity index (χ1) is 9.83. The standard InChI is InChI=1S/C15H23N3O2/c19-15(7-6-14-5-2-11-20-14)17-9-1-4-13(12-17)18-10-3-8-16-18/h3,8,10,13-14H,1-2,4-7,9,11-12H2/t13-,14+/m0/s1. The zero-order valence-corrected chi connectivity index (χ0v) is 11.9. The maximum Gasteiger partial charge on any atom is 0.222 e. The molecule has 1 amide bonds. The molecule has 1 aromatic rings. The van der Waals surface area contributed by atoms with E-state index < -0.39 is 0 Å². The Hall–Kier alpha value is -1.36. The molecule has 2 aliphatic rings. The molecule has 0 N–H and O–H groups in total. The third-order valence-electron chi connectivity index (χ3n) is 4.35. The van der Waals surface area contributed by atoms with Crippen molar-refractivity contribution in [1.29, 1.82) is 0 Å². The van der Waals surface area contributed by atoms with Crippen LogP contribution in [0, 0.1) is 0 Å². The van der Waals surface area contributed by atoms with Crippen LogP contribution in [-0.2, 0) is 9.53 Å². The number of carbonyl (C=O) groups is 1. The molecule has 5 nitrogen and oxygen atoms in total. The van der Waals surface area contributed by atoms with Gasteiger partial charge in [0.2, 0.25) is 5.91 Å². The number of carbonyl (C=O) groups excluding carboxylic acids is 1. The second kappa shape index (κ2) is 6.39. The summed E-state index contributed by atoms with van der Waals surface area (Å²) in [6.45, 7) is 2.55. The first-order valence-electron chi connectivity index (χ1n) is 7.71. The van der Waals surface area contributed by atoms with Gasteiger partial charge < -0.3 is 9.64 Å². The van der Waals surface area contributed by atoms with Gasteiger partial charge in [-0.2, -0.15) is 5.10 Å². The van der Waals surface area contributed by atoms with Gasteiger partial charge in [0.25, 0.3) is 0 Å². The van der Waals surface area contributed by atoms with Gasteiger partial charge in [-0.05, 0) is 38.2 Å². The van der Waals surface area contributed by atoms with Crippen LogP contribution in [0.25, 0.3) is 0 Å². The van der Waals surface area contributed by atoms with Crippen LogP contribution in [0.3, 0.4) is 0 Å². The van der Waals surface area contributed by atoms with E-state index in [1.807, 2.05) is 21.8 Å². The summed E-state index contributed by atoms with van der Waals surface area (Å²) in [5.74, 6) is 0.275. The van der Waals surface area contributed by atoms with Crippen molar-refractivity contribution in [2.24, 2.45) is 0 Å². The van der Waals surface area contributed by atoms with Gasteiger partial charge in [0.1, 0.15) is 0 Å². The molecular weight excluding hydrogens is 254 g/mol. The van der Waals surface area contributed by atoms with E-state index in [9.17, 15) is 4.79 Å². The highest BCUT2D eigenvalue weighted by Crippen LogP contribution is 2.22. The number of hydrogen-bond acceptors (Lipinski definition) is 3. The lowest BCUT2D eigenvalue weighted by molar-refractivity contribution is -0.133. The van der Waals surface area contributed by atoms with E-state index >= 15 is 0 Å². The van der Waals surface area contributed by atoms with E-state index in [2.05, 4.69) is 5.10 Å². The molecule has 0 spiro atoms. The van der Waals surface area contributed by atoms with Crippen molar-refractivity contribution in [3.63, 3.8) is 0 Å². The number of likely N-dealkylation sites (tertiary alicyclic amines) is 1. The maximum absolute atomic E-state index is 12.3. The fourth-order valence-electron chi connectivity index (χ4n) is 3.21. The van der Waals surface area contributed by atoms with Crippen molar-refractivity contribution in [3.8, 4) is 0 Å². The third-order valence-corrected chi connectivity index (χ3v) is 4.35. The zero-order chi connectivity index (χ0) is 13.8. The number of amides is 1. The van der Waals surface area contributed by atoms with E-state index in [0.717, 1.165) is 51.8 Å². The Bertz CT molecular complexity index is 426. The highest BCUT2D eigenvalue weighted by molar-refractivity contribution is 5.76. The quantitative estimate of drug-likeness (QED) is 0.845. The number of hydrogen-bond donors (Lipinski definition) is 0. The van der Waals surface area contributed by atoms with Gasteiger partial charge in [-0.15, -0.1) is 0 Å². The van der Waals surface area contributed by atoms with Gasteiger partial charge >= 0.3 is 0 Å². The summed E-state index contributed by atoms with van der Waals surface area (Å²) in [5, 5.41) is 4.30. The molecule has 5 heteroatoms. The predicted octanol–water partition coefficient (Wildman–Crippen LogP) is 2.01. The van der Waals surface area contributed by atoms with Gasteiger partial charge in [0.15, 0.2) is 0 Å². The summed E-state index contributed by atoms with van der Waals surface area (Å²) < 4.78 is 7.57. The highest BCUT2D eigenvalue weighted by atomic mass is 16.5. The summed E-state index contributed by atoms with van der Waals surface area (Å²) in [6, 6.07) is 2.28. The minimum atomic E-state index is 0.275. The number of nitrogens with zero attached hydrogens (tertiary/aromatic N) is 3. The number of piperidine rings is 1.